The number of amides is 1. The van der Waals surface area contributed by atoms with Crippen molar-refractivity contribution in [2.75, 3.05) is 19.6 Å². The molecule has 2 aliphatic heterocycles. The summed E-state index contributed by atoms with van der Waals surface area (Å²) in [6, 6.07) is 12.2. The Morgan fingerprint density at radius 1 is 1.15 bits per heavy atom. The number of para-hydroxylation sites is 1. The van der Waals surface area contributed by atoms with Gasteiger partial charge in [0.05, 0.1) is 6.54 Å². The summed E-state index contributed by atoms with van der Waals surface area (Å²) in [5, 5.41) is 0. The van der Waals surface area contributed by atoms with Gasteiger partial charge in [-0.1, -0.05) is 18.2 Å². The zero-order chi connectivity index (χ0) is 18.0. The standard InChI is InChI=1S/C21H25N3O2/c1-17(25)24-15-19-4-2-3-5-20(19)26-21(16-24)8-12-23(13-9-21)14-18-6-10-22-11-7-18/h2-7,10-11H,8-9,12-16H2,1H3. The van der Waals surface area contributed by atoms with E-state index in [-0.39, 0.29) is 11.5 Å². The minimum atomic E-state index is -0.285. The summed E-state index contributed by atoms with van der Waals surface area (Å²) in [5.74, 6) is 1.04. The third-order valence-corrected chi connectivity index (χ3v) is 5.51. The largest absolute Gasteiger partial charge is 0.485 e. The van der Waals surface area contributed by atoms with Crippen LogP contribution in [0.4, 0.5) is 0 Å². The zero-order valence-corrected chi connectivity index (χ0v) is 15.2. The Morgan fingerprint density at radius 2 is 1.88 bits per heavy atom. The molecule has 0 unspecified atom stereocenters. The molecular weight excluding hydrogens is 326 g/mol. The number of carbonyl (C=O) groups is 1. The first-order valence-corrected chi connectivity index (χ1v) is 9.27. The predicted molar refractivity (Wildman–Crippen MR) is 99.6 cm³/mol. The second kappa shape index (κ2) is 7.08. The fourth-order valence-corrected chi connectivity index (χ4v) is 3.96. The highest BCUT2D eigenvalue weighted by atomic mass is 16.5. The highest BCUT2D eigenvalue weighted by Gasteiger charge is 2.41. The van der Waals surface area contributed by atoms with Gasteiger partial charge in [-0.15, -0.1) is 0 Å². The summed E-state index contributed by atoms with van der Waals surface area (Å²) >= 11 is 0. The van der Waals surface area contributed by atoms with Crippen molar-refractivity contribution in [3.8, 4) is 5.75 Å². The molecule has 1 amide bonds. The molecule has 0 saturated carbocycles. The number of hydrogen-bond donors (Lipinski definition) is 0. The molecule has 0 N–H and O–H groups in total. The normalized spacial score (nSPS) is 19.5. The molecule has 0 aliphatic carbocycles. The van der Waals surface area contributed by atoms with Gasteiger partial charge in [0.1, 0.15) is 11.4 Å². The predicted octanol–water partition coefficient (Wildman–Crippen LogP) is 2.86. The summed E-state index contributed by atoms with van der Waals surface area (Å²) in [5.41, 5.74) is 2.10. The van der Waals surface area contributed by atoms with Crippen molar-refractivity contribution < 1.29 is 9.53 Å². The van der Waals surface area contributed by atoms with E-state index in [0.29, 0.717) is 13.1 Å². The van der Waals surface area contributed by atoms with Crippen LogP contribution in [-0.2, 0) is 17.9 Å². The Labute approximate surface area is 154 Å². The van der Waals surface area contributed by atoms with Gasteiger partial charge < -0.3 is 9.64 Å². The summed E-state index contributed by atoms with van der Waals surface area (Å²) < 4.78 is 6.53. The Balaban J connectivity index is 1.50. The summed E-state index contributed by atoms with van der Waals surface area (Å²) in [6.45, 7) is 5.83. The number of likely N-dealkylation sites (tertiary alicyclic amines) is 1. The molecule has 1 spiro atoms. The van der Waals surface area contributed by atoms with Crippen LogP contribution in [0.25, 0.3) is 0 Å². The van der Waals surface area contributed by atoms with E-state index in [1.165, 1.54) is 5.56 Å². The Morgan fingerprint density at radius 3 is 2.62 bits per heavy atom. The van der Waals surface area contributed by atoms with Crippen LogP contribution in [0.5, 0.6) is 5.75 Å². The molecule has 3 heterocycles. The zero-order valence-electron chi connectivity index (χ0n) is 15.2. The summed E-state index contributed by atoms with van der Waals surface area (Å²) in [4.78, 5) is 20.6. The molecule has 0 radical (unpaired) electrons. The molecule has 1 fully saturated rings. The van der Waals surface area contributed by atoms with Crippen molar-refractivity contribution in [2.24, 2.45) is 0 Å². The van der Waals surface area contributed by atoms with Gasteiger partial charge in [-0.25, -0.2) is 0 Å². The molecule has 1 saturated heterocycles. The van der Waals surface area contributed by atoms with Gasteiger partial charge in [0.2, 0.25) is 5.91 Å². The minimum absolute atomic E-state index is 0.115. The maximum atomic E-state index is 12.1. The molecule has 2 aliphatic rings. The van der Waals surface area contributed by atoms with Crippen LogP contribution in [0.2, 0.25) is 0 Å². The van der Waals surface area contributed by atoms with Crippen LogP contribution in [-0.4, -0.2) is 45.9 Å². The summed E-state index contributed by atoms with van der Waals surface area (Å²) in [7, 11) is 0. The van der Waals surface area contributed by atoms with Crippen molar-refractivity contribution in [2.45, 2.75) is 38.5 Å². The van der Waals surface area contributed by atoms with Crippen LogP contribution >= 0.6 is 0 Å². The van der Waals surface area contributed by atoms with Gasteiger partial charge in [0, 0.05) is 63.9 Å². The number of carbonyl (C=O) groups excluding carboxylic acids is 1. The van der Waals surface area contributed by atoms with E-state index in [0.717, 1.165) is 43.8 Å². The smallest absolute Gasteiger partial charge is 0.219 e. The molecule has 2 aromatic rings. The second-order valence-corrected chi connectivity index (χ2v) is 7.40. The van der Waals surface area contributed by atoms with Gasteiger partial charge in [-0.05, 0) is 23.8 Å². The van der Waals surface area contributed by atoms with E-state index in [9.17, 15) is 4.79 Å². The lowest BCUT2D eigenvalue weighted by molar-refractivity contribution is -0.132. The van der Waals surface area contributed by atoms with E-state index in [2.05, 4.69) is 28.1 Å². The van der Waals surface area contributed by atoms with Gasteiger partial charge >= 0.3 is 0 Å². The number of fused-ring (bicyclic) bond motifs is 1. The highest BCUT2D eigenvalue weighted by molar-refractivity contribution is 5.73. The summed E-state index contributed by atoms with van der Waals surface area (Å²) in [6.07, 6.45) is 5.54. The molecule has 4 rings (SSSR count). The Hall–Kier alpha value is -2.40. The second-order valence-electron chi connectivity index (χ2n) is 7.40. The van der Waals surface area contributed by atoms with Gasteiger partial charge in [-0.3, -0.25) is 14.7 Å². The fourth-order valence-electron chi connectivity index (χ4n) is 3.96. The van der Waals surface area contributed by atoms with E-state index in [1.54, 1.807) is 6.92 Å². The van der Waals surface area contributed by atoms with E-state index >= 15 is 0 Å². The number of piperidine rings is 1. The molecule has 1 aromatic heterocycles. The Kier molecular flexibility index (Phi) is 4.64. The molecule has 5 nitrogen and oxygen atoms in total. The number of hydrogen-bond acceptors (Lipinski definition) is 4. The molecule has 1 aromatic carbocycles. The quantitative estimate of drug-likeness (QED) is 0.835. The number of benzene rings is 1. The number of ether oxygens (including phenoxy) is 1. The molecule has 5 heteroatoms. The maximum absolute atomic E-state index is 12.1. The van der Waals surface area contributed by atoms with Crippen molar-refractivity contribution in [1.29, 1.82) is 0 Å². The van der Waals surface area contributed by atoms with Crippen molar-refractivity contribution >= 4 is 5.91 Å². The number of pyridine rings is 1. The number of rotatable bonds is 2. The first kappa shape index (κ1) is 17.0. The van der Waals surface area contributed by atoms with Crippen molar-refractivity contribution in [1.82, 2.24) is 14.8 Å². The molecular formula is C21H25N3O2. The average Bonchev–Trinajstić information content (AvgIpc) is 2.81. The van der Waals surface area contributed by atoms with Gasteiger partial charge in [0.15, 0.2) is 0 Å². The minimum Gasteiger partial charge on any atom is -0.485 e. The topological polar surface area (TPSA) is 45.7 Å². The lowest BCUT2D eigenvalue weighted by Crippen LogP contribution is -2.53. The van der Waals surface area contributed by atoms with E-state index < -0.39 is 0 Å². The third-order valence-electron chi connectivity index (χ3n) is 5.51. The number of aromatic nitrogens is 1. The fraction of sp³-hybridized carbons (Fsp3) is 0.429. The van der Waals surface area contributed by atoms with Gasteiger partial charge in [-0.2, -0.15) is 0 Å². The highest BCUT2D eigenvalue weighted by Crippen LogP contribution is 2.35. The van der Waals surface area contributed by atoms with Gasteiger partial charge in [0.25, 0.3) is 0 Å². The Bertz CT molecular complexity index is 770. The molecule has 136 valence electrons. The lowest BCUT2D eigenvalue weighted by Gasteiger charge is -2.42. The van der Waals surface area contributed by atoms with Crippen LogP contribution in [0, 0.1) is 0 Å². The first-order valence-electron chi connectivity index (χ1n) is 9.27. The maximum Gasteiger partial charge on any atom is 0.219 e. The monoisotopic (exact) mass is 351 g/mol. The van der Waals surface area contributed by atoms with Crippen LogP contribution in [0.15, 0.2) is 48.8 Å². The number of nitrogens with zero attached hydrogens (tertiary/aromatic N) is 3. The van der Waals surface area contributed by atoms with Crippen LogP contribution in [0.3, 0.4) is 0 Å². The molecule has 0 atom stereocenters. The lowest BCUT2D eigenvalue weighted by atomic mass is 9.90. The first-order chi connectivity index (χ1) is 12.6. The van der Waals surface area contributed by atoms with Crippen LogP contribution in [0.1, 0.15) is 30.9 Å². The van der Waals surface area contributed by atoms with Crippen molar-refractivity contribution in [3.63, 3.8) is 0 Å². The molecule has 0 bridgehead atoms. The average molecular weight is 351 g/mol. The van der Waals surface area contributed by atoms with Crippen LogP contribution < -0.4 is 4.74 Å². The third kappa shape index (κ3) is 3.58. The SMILES string of the molecule is CC(=O)N1Cc2ccccc2OC2(CCN(Cc3ccncc3)CC2)C1. The molecule has 26 heavy (non-hydrogen) atoms. The van der Waals surface area contributed by atoms with Crippen molar-refractivity contribution in [3.05, 3.63) is 59.9 Å². The van der Waals surface area contributed by atoms with E-state index in [1.807, 2.05) is 35.5 Å². The van der Waals surface area contributed by atoms with E-state index in [4.69, 9.17) is 4.74 Å².